The lowest BCUT2D eigenvalue weighted by Crippen LogP contribution is -2.27. The highest BCUT2D eigenvalue weighted by Crippen LogP contribution is 2.35. The highest BCUT2D eigenvalue weighted by atomic mass is 32.2. The van der Waals surface area contributed by atoms with Gasteiger partial charge in [0.15, 0.2) is 0 Å². The predicted octanol–water partition coefficient (Wildman–Crippen LogP) is 3.13. The molecule has 2 N–H and O–H groups in total. The van der Waals surface area contributed by atoms with Gasteiger partial charge in [0.2, 0.25) is 15.9 Å². The van der Waals surface area contributed by atoms with Crippen molar-refractivity contribution in [3.05, 3.63) is 65.5 Å². The Morgan fingerprint density at radius 2 is 1.94 bits per heavy atom. The van der Waals surface area contributed by atoms with Crippen LogP contribution in [0.5, 0.6) is 0 Å². The second kappa shape index (κ2) is 9.25. The van der Waals surface area contributed by atoms with Crippen LogP contribution in [0.4, 0.5) is 10.1 Å². The van der Waals surface area contributed by atoms with E-state index in [0.717, 1.165) is 6.26 Å². The van der Waals surface area contributed by atoms with E-state index in [1.807, 2.05) is 0 Å². The fraction of sp³-hybridized carbons (Fsp3) is 0.286. The minimum Gasteiger partial charge on any atom is -0.481 e. The second-order valence-corrected chi connectivity index (χ2v) is 8.98. The van der Waals surface area contributed by atoms with Crippen molar-refractivity contribution in [2.75, 3.05) is 11.0 Å². The molecule has 8 nitrogen and oxygen atoms in total. The number of halogens is 1. The molecule has 1 aliphatic rings. The first-order valence-corrected chi connectivity index (χ1v) is 11.5. The highest BCUT2D eigenvalue weighted by Gasteiger charge is 2.34. The number of carbonyl (C=O) groups excluding carboxylic acids is 1. The monoisotopic (exact) mass is 447 g/mol. The molecule has 1 aliphatic heterocycles. The molecule has 2 aromatic carbocycles. The molecule has 1 amide bonds. The van der Waals surface area contributed by atoms with Crippen LogP contribution < -0.4 is 4.72 Å². The molecule has 31 heavy (non-hydrogen) atoms. The van der Waals surface area contributed by atoms with E-state index in [4.69, 9.17) is 5.11 Å². The van der Waals surface area contributed by atoms with Crippen molar-refractivity contribution in [2.24, 2.45) is 5.10 Å². The fourth-order valence-corrected chi connectivity index (χ4v) is 3.94. The van der Waals surface area contributed by atoms with Crippen molar-refractivity contribution in [1.82, 2.24) is 5.01 Å². The van der Waals surface area contributed by atoms with Crippen LogP contribution in [-0.4, -0.2) is 42.4 Å². The summed E-state index contributed by atoms with van der Waals surface area (Å²) in [6.45, 7) is 0. The summed E-state index contributed by atoms with van der Waals surface area (Å²) in [7, 11) is -3.47. The summed E-state index contributed by atoms with van der Waals surface area (Å²) in [6, 6.07) is 12.0. The normalized spacial score (nSPS) is 16.1. The molecule has 0 spiro atoms. The molecule has 164 valence electrons. The number of carboxylic acid groups (broad SMARTS) is 1. The van der Waals surface area contributed by atoms with Gasteiger partial charge in [0.1, 0.15) is 5.82 Å². The molecule has 2 aromatic rings. The molecule has 10 heteroatoms. The minimum atomic E-state index is -3.47. The first kappa shape index (κ1) is 22.4. The lowest BCUT2D eigenvalue weighted by Gasteiger charge is -2.22. The molecule has 0 aromatic heterocycles. The number of rotatable bonds is 8. The molecule has 0 fully saturated rings. The Morgan fingerprint density at radius 1 is 1.19 bits per heavy atom. The van der Waals surface area contributed by atoms with Crippen LogP contribution in [0.3, 0.4) is 0 Å². The maximum absolute atomic E-state index is 14.5. The van der Waals surface area contributed by atoms with E-state index in [2.05, 4.69) is 9.82 Å². The van der Waals surface area contributed by atoms with Gasteiger partial charge in [-0.2, -0.15) is 5.10 Å². The van der Waals surface area contributed by atoms with Crippen molar-refractivity contribution in [2.45, 2.75) is 31.7 Å². The molecular formula is C21H22FN3O5S. The second-order valence-electron chi connectivity index (χ2n) is 7.23. The Bertz CT molecular complexity index is 1130. The Balaban J connectivity index is 1.91. The number of hydrogen-bond acceptors (Lipinski definition) is 5. The van der Waals surface area contributed by atoms with Crippen molar-refractivity contribution < 1.29 is 27.5 Å². The third kappa shape index (κ3) is 5.88. The molecule has 0 saturated carbocycles. The summed E-state index contributed by atoms with van der Waals surface area (Å²) in [4.78, 5) is 23.5. The molecular weight excluding hydrogens is 425 g/mol. The van der Waals surface area contributed by atoms with Gasteiger partial charge in [-0.1, -0.05) is 30.3 Å². The Hall–Kier alpha value is -3.27. The SMILES string of the molecule is CS(=O)(=O)Nc1cccc(C2=NN(C(=O)CCCC(=O)O)C(c3ccccc3F)C2)c1. The summed E-state index contributed by atoms with van der Waals surface area (Å²) in [5, 5.41) is 14.4. The molecule has 1 heterocycles. The van der Waals surface area contributed by atoms with Crippen LogP contribution in [0.15, 0.2) is 53.6 Å². The van der Waals surface area contributed by atoms with Gasteiger partial charge in [-0.3, -0.25) is 14.3 Å². The number of carbonyl (C=O) groups is 2. The zero-order valence-corrected chi connectivity index (χ0v) is 17.6. The van der Waals surface area contributed by atoms with Gasteiger partial charge < -0.3 is 5.11 Å². The lowest BCUT2D eigenvalue weighted by molar-refractivity contribution is -0.137. The summed E-state index contributed by atoms with van der Waals surface area (Å²) < 4.78 is 39.9. The first-order chi connectivity index (χ1) is 14.6. The van der Waals surface area contributed by atoms with Crippen LogP contribution in [-0.2, 0) is 19.6 Å². The number of anilines is 1. The predicted molar refractivity (Wildman–Crippen MR) is 114 cm³/mol. The van der Waals surface area contributed by atoms with Gasteiger partial charge >= 0.3 is 5.97 Å². The van der Waals surface area contributed by atoms with Crippen molar-refractivity contribution in [3.63, 3.8) is 0 Å². The van der Waals surface area contributed by atoms with E-state index < -0.39 is 33.8 Å². The molecule has 0 bridgehead atoms. The summed E-state index contributed by atoms with van der Waals surface area (Å²) in [6.07, 6.45) is 1.23. The topological polar surface area (TPSA) is 116 Å². The van der Waals surface area contributed by atoms with E-state index >= 15 is 0 Å². The van der Waals surface area contributed by atoms with Gasteiger partial charge in [-0.05, 0) is 30.2 Å². The van der Waals surface area contributed by atoms with Crippen molar-refractivity contribution >= 4 is 33.3 Å². The summed E-state index contributed by atoms with van der Waals surface area (Å²) in [5.74, 6) is -1.88. The molecule has 0 aliphatic carbocycles. The number of aliphatic carboxylic acids is 1. The Labute approximate surface area is 179 Å². The van der Waals surface area contributed by atoms with E-state index in [0.29, 0.717) is 22.5 Å². The van der Waals surface area contributed by atoms with E-state index in [1.165, 1.54) is 11.1 Å². The van der Waals surface area contributed by atoms with Crippen molar-refractivity contribution in [1.29, 1.82) is 0 Å². The van der Waals surface area contributed by atoms with Crippen LogP contribution >= 0.6 is 0 Å². The van der Waals surface area contributed by atoms with Gasteiger partial charge in [0.25, 0.3) is 0 Å². The fourth-order valence-electron chi connectivity index (χ4n) is 3.38. The first-order valence-electron chi connectivity index (χ1n) is 9.58. The van der Waals surface area contributed by atoms with Gasteiger partial charge in [-0.25, -0.2) is 17.8 Å². The maximum Gasteiger partial charge on any atom is 0.303 e. The van der Waals surface area contributed by atoms with Crippen molar-refractivity contribution in [3.8, 4) is 0 Å². The largest absolute Gasteiger partial charge is 0.481 e. The van der Waals surface area contributed by atoms with E-state index in [9.17, 15) is 22.4 Å². The van der Waals surface area contributed by atoms with Crippen LogP contribution in [0.1, 0.15) is 42.9 Å². The standard InChI is InChI=1S/C21H22FN3O5S/c1-31(29,30)24-15-7-4-6-14(12-15)18-13-19(16-8-2-3-9-17(16)22)25(23-18)20(26)10-5-11-21(27)28/h2-4,6-9,12,19,24H,5,10-11,13H2,1H3,(H,27,28). The molecule has 0 saturated heterocycles. The quantitative estimate of drug-likeness (QED) is 0.645. The van der Waals surface area contributed by atoms with Crippen LogP contribution in [0.25, 0.3) is 0 Å². The van der Waals surface area contributed by atoms with Gasteiger partial charge in [0, 0.05) is 30.5 Å². The maximum atomic E-state index is 14.5. The number of amides is 1. The van der Waals surface area contributed by atoms with E-state index in [-0.39, 0.29) is 25.7 Å². The number of hydrazone groups is 1. The molecule has 1 unspecified atom stereocenters. The number of nitrogens with zero attached hydrogens (tertiary/aromatic N) is 2. The average Bonchev–Trinajstić information content (AvgIpc) is 3.12. The zero-order valence-electron chi connectivity index (χ0n) is 16.8. The number of hydrogen-bond donors (Lipinski definition) is 2. The Kier molecular flexibility index (Phi) is 6.69. The number of benzene rings is 2. The van der Waals surface area contributed by atoms with E-state index in [1.54, 1.807) is 42.5 Å². The highest BCUT2D eigenvalue weighted by molar-refractivity contribution is 7.92. The van der Waals surface area contributed by atoms with Crippen LogP contribution in [0.2, 0.25) is 0 Å². The number of sulfonamides is 1. The number of carboxylic acids is 1. The third-order valence-corrected chi connectivity index (χ3v) is 5.32. The molecule has 1 atom stereocenters. The zero-order chi connectivity index (χ0) is 22.6. The smallest absolute Gasteiger partial charge is 0.303 e. The third-order valence-electron chi connectivity index (χ3n) is 4.71. The average molecular weight is 447 g/mol. The summed E-state index contributed by atoms with van der Waals surface area (Å²) >= 11 is 0. The Morgan fingerprint density at radius 3 is 2.61 bits per heavy atom. The summed E-state index contributed by atoms with van der Waals surface area (Å²) in [5.41, 5.74) is 1.74. The van der Waals surface area contributed by atoms with Gasteiger partial charge in [-0.15, -0.1) is 0 Å². The lowest BCUT2D eigenvalue weighted by atomic mass is 9.97. The van der Waals surface area contributed by atoms with Gasteiger partial charge in [0.05, 0.1) is 18.0 Å². The van der Waals surface area contributed by atoms with Crippen LogP contribution in [0, 0.1) is 5.82 Å². The molecule has 3 rings (SSSR count). The minimum absolute atomic E-state index is 0.0380. The number of nitrogens with one attached hydrogen (secondary N) is 1. The molecule has 0 radical (unpaired) electrons.